The van der Waals surface area contributed by atoms with Crippen molar-refractivity contribution in [2.75, 3.05) is 104 Å². The number of nitrogens with one attached hydrogen (secondary N) is 10. The third-order valence-electron chi connectivity index (χ3n) is 22.8. The summed E-state index contributed by atoms with van der Waals surface area (Å²) in [5.41, 5.74) is 21.4. The van der Waals surface area contributed by atoms with Crippen LogP contribution in [0.25, 0.3) is 33.5 Å². The van der Waals surface area contributed by atoms with Crippen LogP contribution < -0.4 is 73.6 Å². The van der Waals surface area contributed by atoms with Crippen LogP contribution in [0.5, 0.6) is 0 Å². The topological polar surface area (TPSA) is 523 Å². The molecule has 12 aliphatic heterocycles. The van der Waals surface area contributed by atoms with Crippen molar-refractivity contribution in [2.45, 2.75) is 151 Å². The number of piperidine rings is 4. The van der Waals surface area contributed by atoms with E-state index in [4.69, 9.17) is 61.0 Å². The van der Waals surface area contributed by atoms with Gasteiger partial charge in [0.05, 0.1) is 57.4 Å². The van der Waals surface area contributed by atoms with E-state index in [1.165, 1.54) is 0 Å². The number of nitrogens with zero attached hydrogens (tertiary/aromatic N) is 14. The highest BCUT2D eigenvalue weighted by Gasteiger charge is 2.46. The van der Waals surface area contributed by atoms with Crippen LogP contribution in [-0.4, -0.2) is 212 Å². The number of alkyl halides is 2. The Labute approximate surface area is 818 Å². The van der Waals surface area contributed by atoms with E-state index < -0.39 is 43.9 Å². The predicted octanol–water partition coefficient (Wildman–Crippen LogP) is 13.3. The molecule has 4 saturated heterocycles. The number of fused-ring (bicyclic) bond motifs is 9. The SMILES string of the molecule is CC(C)(C)OC(=O)NC1CCN(c2ccnc3c2C(=O)C(=O)N3)CC1.CC(C)(C)OC(=O)NC1CCN(c2ccnc3c2CC(=O)N3)CC1.Clc1ccnc2[nH]ccc12.NC1CCN(c2ccnc3c2C(=O)C(=O)N3)CC1.NC1CCN(c2ccnc3c2CC(=O)N3)CC1.O=C1Cc2c(Cl)ccnc2N1.O=C1Nc2nccc(Cl)c2C1(Br)Br.On1cccc2ccnc1-2.c1cnc2[nH]ccc2c1. The number of nitrogens with two attached hydrogens (primary N) is 2. The number of hydrogen-bond acceptors (Lipinski definition) is 28. The third kappa shape index (κ3) is 25.2. The summed E-state index contributed by atoms with van der Waals surface area (Å²) in [6.45, 7) is 17.6. The molecule has 12 aliphatic rings. The van der Waals surface area contributed by atoms with Crippen LogP contribution in [0.15, 0.2) is 159 Å². The molecule has 10 aromatic heterocycles. The first-order chi connectivity index (χ1) is 65.5. The minimum atomic E-state index is -0.944. The lowest BCUT2D eigenvalue weighted by Crippen LogP contribution is -2.46. The number of Topliss-reactive ketones (excluding diaryl/α,β-unsaturated/α-hetero) is 2. The van der Waals surface area contributed by atoms with Gasteiger partial charge in [-0.3, -0.25) is 38.4 Å². The largest absolute Gasteiger partial charge is 0.444 e. The van der Waals surface area contributed by atoms with E-state index in [1.807, 2.05) is 107 Å². The number of ether oxygens (including phenoxy) is 2. The summed E-state index contributed by atoms with van der Waals surface area (Å²) in [6.07, 6.45) is 27.5. The maximum absolute atomic E-state index is 12.1. The summed E-state index contributed by atoms with van der Waals surface area (Å²) in [5, 5.41) is 34.7. The lowest BCUT2D eigenvalue weighted by molar-refractivity contribution is -0.116. The predicted molar refractivity (Wildman–Crippen MR) is 528 cm³/mol. The lowest BCUT2D eigenvalue weighted by atomic mass is 10.0. The van der Waals surface area contributed by atoms with Crippen LogP contribution in [0.1, 0.15) is 136 Å². The monoisotopic (exact) mass is 2050 g/mol. The molecule has 0 radical (unpaired) electrons. The first-order valence-electron chi connectivity index (χ1n) is 44.1. The first kappa shape index (κ1) is 99.4. The molecule has 22 rings (SSSR count). The number of ketones is 2. The Morgan fingerprint density at radius 2 is 0.839 bits per heavy atom. The second-order valence-corrected chi connectivity index (χ2v) is 39.5. The van der Waals surface area contributed by atoms with Crippen LogP contribution in [0.4, 0.5) is 67.2 Å². The minimum absolute atomic E-state index is 0.00794. The van der Waals surface area contributed by atoms with Gasteiger partial charge >= 0.3 is 12.2 Å². The molecule has 0 saturated carbocycles. The first-order valence-corrected chi connectivity index (χ1v) is 46.8. The lowest BCUT2D eigenvalue weighted by Gasteiger charge is -2.35. The van der Waals surface area contributed by atoms with Crippen molar-refractivity contribution in [3.05, 3.63) is 208 Å². The molecule has 15 N–H and O–H groups in total. The van der Waals surface area contributed by atoms with Gasteiger partial charge in [0, 0.05) is 200 Å². The molecule has 0 unspecified atom stereocenters. The maximum Gasteiger partial charge on any atom is 0.407 e. The fraction of sp³-hybridized carbons (Fsp3) is 0.344. The average Bonchev–Trinajstić information content (AvgIpc) is 1.57. The molecular formula is C93H101Br2Cl3N26O13. The summed E-state index contributed by atoms with van der Waals surface area (Å²) < 4.78 is 10.6. The number of carbonyl (C=O) groups excluding carboxylic acids is 10. The molecule has 22 heterocycles. The van der Waals surface area contributed by atoms with Gasteiger partial charge < -0.3 is 98.3 Å². The van der Waals surface area contributed by atoms with Gasteiger partial charge in [-0.1, -0.05) is 66.7 Å². The van der Waals surface area contributed by atoms with Crippen LogP contribution in [0.3, 0.4) is 0 Å². The summed E-state index contributed by atoms with van der Waals surface area (Å²) in [5.74, 6) is 1.26. The number of hydrogen-bond donors (Lipinski definition) is 13. The number of rotatable bonds is 6. The quantitative estimate of drug-likeness (QED) is 0.0418. The fourth-order valence-corrected chi connectivity index (χ4v) is 18.1. The summed E-state index contributed by atoms with van der Waals surface area (Å²) in [7, 11) is 0. The standard InChI is InChI=1S/C17H22N4O4.C17H24N4O3.C12H14N4O2.C12H16N4O.C7H3Br2ClN2O.C7H5ClN2O.C7H5ClN2.C7H6N2O.C7H6N2/c1-17(2,3)25-16(24)19-10-5-8-21(9-6-10)11-4-7-18-14-12(11)13(22)15(23)20-14;1-17(2,3)24-16(23)19-11-5-8-21(9-6-11)13-4-7-18-15-12(13)10-14(22)20-15;13-7-2-5-16(6-3-7)8-1-4-14-11-9(8)10(17)12(18)15-11;13-8-2-5-16(6-3-8)10-1-4-14-12-9(10)7-11(17)15-12;8-7(9)4-3(10)1-2-11-5(4)12-6(7)13;8-5-1-2-9-7-4(5)3-6(11)10-7;8-6-2-4-10-7-5(6)1-3-9-7;10-9-5-1-2-6-3-4-8-7(6)9;1-2-6-3-5-9-7(6)8-4-1/h4,7,10H,5-6,8-9H2,1-3H3,(H,19,24)(H,18,20,22,23);4,7,11H,5-6,8-10H2,1-3H3,(H,19,23)(H,18,20,22);1,4,7H,2-3,5-6,13H2,(H,14,15,17,18);1,4,8H,2-3,5-7,13H2,(H,14,15,17);1-2H,(H,11,12,13);1-2H,3H2,(H,9,10,11);1-4H,(H,9,10);1-5,10H;1-5H,(H,8,9). The number of alkyl carbamates (subject to hydrolysis) is 2. The van der Waals surface area contributed by atoms with Crippen molar-refractivity contribution in [2.24, 2.45) is 11.5 Å². The molecule has 0 aliphatic carbocycles. The molecule has 0 spiro atoms. The molecule has 0 bridgehead atoms. The minimum Gasteiger partial charge on any atom is -0.444 e. The molecule has 0 atom stereocenters. The molecule has 0 aromatic carbocycles. The van der Waals surface area contributed by atoms with E-state index in [9.17, 15) is 47.9 Å². The van der Waals surface area contributed by atoms with E-state index in [0.717, 1.165) is 168 Å². The summed E-state index contributed by atoms with van der Waals surface area (Å²) in [4.78, 5) is 167. The van der Waals surface area contributed by atoms with E-state index in [-0.39, 0.29) is 47.8 Å². The Morgan fingerprint density at radius 3 is 1.31 bits per heavy atom. The Bertz CT molecular complexity index is 6410. The number of pyridine rings is 9. The van der Waals surface area contributed by atoms with Crippen molar-refractivity contribution in [1.82, 2.24) is 70.2 Å². The van der Waals surface area contributed by atoms with Crippen molar-refractivity contribution in [3.8, 4) is 11.4 Å². The molecule has 44 heteroatoms. The molecule has 137 heavy (non-hydrogen) atoms. The van der Waals surface area contributed by atoms with Gasteiger partial charge in [-0.05, 0) is 178 Å². The Kier molecular flexibility index (Phi) is 32.0. The highest BCUT2D eigenvalue weighted by atomic mass is 79.9. The molecule has 8 amide bonds. The van der Waals surface area contributed by atoms with Crippen LogP contribution >= 0.6 is 66.7 Å². The van der Waals surface area contributed by atoms with Gasteiger partial charge in [-0.25, -0.2) is 54.4 Å². The Hall–Kier alpha value is -13.6. The van der Waals surface area contributed by atoms with Crippen molar-refractivity contribution in [3.63, 3.8) is 0 Å². The number of aromatic nitrogens is 12. The Balaban J connectivity index is 0.000000126. The van der Waals surface area contributed by atoms with Crippen LogP contribution in [-0.2, 0) is 60.7 Å². The summed E-state index contributed by atoms with van der Waals surface area (Å²) >= 11 is 24.0. The average molecular weight is 2060 g/mol. The fourth-order valence-electron chi connectivity index (χ4n) is 16.2. The zero-order valence-corrected chi connectivity index (χ0v) is 80.8. The second-order valence-electron chi connectivity index (χ2n) is 34.8. The van der Waals surface area contributed by atoms with Gasteiger partial charge in [-0.2, -0.15) is 4.73 Å². The van der Waals surface area contributed by atoms with Gasteiger partial charge in [0.1, 0.15) is 57.4 Å². The molecular weight excluding hydrogens is 1960 g/mol. The number of halogens is 5. The molecule has 10 aromatic rings. The van der Waals surface area contributed by atoms with Gasteiger partial charge in [-0.15, -0.1) is 0 Å². The number of aromatic amines is 2. The highest BCUT2D eigenvalue weighted by molar-refractivity contribution is 9.25. The van der Waals surface area contributed by atoms with E-state index >= 15 is 0 Å². The van der Waals surface area contributed by atoms with E-state index in [0.29, 0.717) is 106 Å². The van der Waals surface area contributed by atoms with E-state index in [1.54, 1.807) is 98.4 Å². The number of amides is 8. The van der Waals surface area contributed by atoms with E-state index in [2.05, 4.69) is 144 Å². The number of H-pyrrole nitrogens is 2. The zero-order chi connectivity index (χ0) is 97.6. The van der Waals surface area contributed by atoms with Gasteiger partial charge in [0.25, 0.3) is 29.3 Å². The van der Waals surface area contributed by atoms with Crippen molar-refractivity contribution >= 4 is 206 Å². The van der Waals surface area contributed by atoms with Crippen LogP contribution in [0, 0.1) is 0 Å². The number of carbonyl (C=O) groups is 10. The zero-order valence-electron chi connectivity index (χ0n) is 75.4. The Morgan fingerprint density at radius 1 is 0.438 bits per heavy atom. The third-order valence-corrected chi connectivity index (χ3v) is 25.3. The smallest absolute Gasteiger partial charge is 0.407 e. The van der Waals surface area contributed by atoms with Gasteiger partial charge in [0.2, 0.25) is 17.7 Å². The van der Waals surface area contributed by atoms with Crippen molar-refractivity contribution in [1.29, 1.82) is 0 Å². The van der Waals surface area contributed by atoms with Crippen LogP contribution in [0.2, 0.25) is 15.1 Å². The highest BCUT2D eigenvalue weighted by Crippen LogP contribution is 2.50. The number of anilines is 10. The molecule has 39 nitrogen and oxygen atoms in total. The normalized spacial score (nSPS) is 16.7. The van der Waals surface area contributed by atoms with Crippen molar-refractivity contribution < 1.29 is 62.6 Å². The molecule has 716 valence electrons. The second kappa shape index (κ2) is 44.0. The maximum atomic E-state index is 12.1. The van der Waals surface area contributed by atoms with Gasteiger partial charge in [0.15, 0.2) is 9.06 Å². The summed E-state index contributed by atoms with van der Waals surface area (Å²) in [6, 6.07) is 26.7. The molecule has 4 fully saturated rings.